The van der Waals surface area contributed by atoms with Gasteiger partial charge in [-0.1, -0.05) is 12.8 Å². The normalized spacial score (nSPS) is 16.4. The van der Waals surface area contributed by atoms with Crippen LogP contribution in [0, 0.1) is 0 Å². The third-order valence-electron chi connectivity index (χ3n) is 3.70. The van der Waals surface area contributed by atoms with Crippen molar-refractivity contribution in [1.29, 1.82) is 0 Å². The number of amides is 2. The fraction of sp³-hybridized carbons (Fsp3) is 0.500. The average Bonchev–Trinajstić information content (AvgIpc) is 3.08. The molecule has 1 aliphatic rings. The van der Waals surface area contributed by atoms with Gasteiger partial charge in [-0.3, -0.25) is 9.59 Å². The lowest BCUT2D eigenvalue weighted by Crippen LogP contribution is -2.54. The van der Waals surface area contributed by atoms with Crippen LogP contribution >= 0.6 is 0 Å². The zero-order valence-corrected chi connectivity index (χ0v) is 11.8. The number of hydrogen-bond donors (Lipinski definition) is 2. The minimum Gasteiger partial charge on any atom is -0.480 e. The molecule has 0 unspecified atom stereocenters. The maximum absolute atomic E-state index is 12.0. The number of carbonyl (C=O) groups is 3. The molecule has 1 heterocycles. The van der Waals surface area contributed by atoms with E-state index in [0.29, 0.717) is 12.8 Å². The van der Waals surface area contributed by atoms with Crippen LogP contribution in [0.3, 0.4) is 0 Å². The van der Waals surface area contributed by atoms with Crippen LogP contribution in [0.25, 0.3) is 0 Å². The molecular formula is C14H18N2O5. The van der Waals surface area contributed by atoms with Gasteiger partial charge in [0.1, 0.15) is 5.54 Å². The van der Waals surface area contributed by atoms with Crippen LogP contribution in [0.5, 0.6) is 0 Å². The summed E-state index contributed by atoms with van der Waals surface area (Å²) in [5.41, 5.74) is -1.19. The number of carbonyl (C=O) groups excluding carboxylic acids is 2. The van der Waals surface area contributed by atoms with Gasteiger partial charge >= 0.3 is 5.97 Å². The quantitative estimate of drug-likeness (QED) is 0.839. The maximum Gasteiger partial charge on any atom is 0.329 e. The number of rotatable bonds is 5. The van der Waals surface area contributed by atoms with Crippen molar-refractivity contribution in [3.8, 4) is 0 Å². The average molecular weight is 294 g/mol. The van der Waals surface area contributed by atoms with E-state index in [0.717, 1.165) is 12.8 Å². The molecule has 0 aromatic carbocycles. The van der Waals surface area contributed by atoms with Crippen molar-refractivity contribution in [3.05, 3.63) is 24.2 Å². The minimum absolute atomic E-state index is 0.138. The molecule has 114 valence electrons. The van der Waals surface area contributed by atoms with Crippen LogP contribution in [0.2, 0.25) is 0 Å². The number of furan rings is 1. The van der Waals surface area contributed by atoms with Crippen LogP contribution in [0.1, 0.15) is 36.2 Å². The van der Waals surface area contributed by atoms with Crippen molar-refractivity contribution in [2.45, 2.75) is 31.2 Å². The zero-order chi connectivity index (χ0) is 15.5. The van der Waals surface area contributed by atoms with Gasteiger partial charge in [0, 0.05) is 7.05 Å². The molecule has 1 fully saturated rings. The molecule has 1 aliphatic carbocycles. The van der Waals surface area contributed by atoms with Crippen molar-refractivity contribution in [3.63, 3.8) is 0 Å². The van der Waals surface area contributed by atoms with E-state index in [2.05, 4.69) is 5.32 Å². The van der Waals surface area contributed by atoms with Gasteiger partial charge in [0.2, 0.25) is 5.91 Å². The first kappa shape index (κ1) is 15.1. The Kier molecular flexibility index (Phi) is 4.30. The van der Waals surface area contributed by atoms with Crippen molar-refractivity contribution in [1.82, 2.24) is 10.2 Å². The Bertz CT molecular complexity index is 532. The Morgan fingerprint density at radius 2 is 2.05 bits per heavy atom. The van der Waals surface area contributed by atoms with Crippen LogP contribution in [-0.4, -0.2) is 46.9 Å². The molecule has 7 heteroatoms. The van der Waals surface area contributed by atoms with E-state index in [1.165, 1.54) is 24.3 Å². The molecule has 21 heavy (non-hydrogen) atoms. The number of aliphatic carboxylic acids is 1. The second-order valence-corrected chi connectivity index (χ2v) is 5.28. The van der Waals surface area contributed by atoms with E-state index in [-0.39, 0.29) is 12.3 Å². The molecule has 0 bridgehead atoms. The van der Waals surface area contributed by atoms with E-state index in [1.807, 2.05) is 0 Å². The third kappa shape index (κ3) is 3.24. The molecule has 2 rings (SSSR count). The van der Waals surface area contributed by atoms with Crippen LogP contribution in [0.15, 0.2) is 22.8 Å². The summed E-state index contributed by atoms with van der Waals surface area (Å²) in [7, 11) is 1.46. The SMILES string of the molecule is CN(CC(=O)NC1(C(=O)O)CCCC1)C(=O)c1ccco1. The standard InChI is InChI=1S/C14H18N2O5/c1-16(12(18)10-5-4-8-21-10)9-11(17)15-14(13(19)20)6-2-3-7-14/h4-5,8H,2-3,6-7,9H2,1H3,(H,15,17)(H,19,20). The lowest BCUT2D eigenvalue weighted by atomic mass is 9.98. The van der Waals surface area contributed by atoms with E-state index in [4.69, 9.17) is 4.42 Å². The predicted molar refractivity (Wildman–Crippen MR) is 72.6 cm³/mol. The lowest BCUT2D eigenvalue weighted by Gasteiger charge is -2.26. The summed E-state index contributed by atoms with van der Waals surface area (Å²) in [6.45, 7) is -0.214. The summed E-state index contributed by atoms with van der Waals surface area (Å²) in [6.07, 6.45) is 3.76. The monoisotopic (exact) mass is 294 g/mol. The molecule has 0 saturated heterocycles. The Balaban J connectivity index is 1.95. The summed E-state index contributed by atoms with van der Waals surface area (Å²) in [6, 6.07) is 3.09. The summed E-state index contributed by atoms with van der Waals surface area (Å²) in [5.74, 6) is -1.79. The Morgan fingerprint density at radius 1 is 1.38 bits per heavy atom. The van der Waals surface area contributed by atoms with Gasteiger partial charge < -0.3 is 19.7 Å². The zero-order valence-electron chi connectivity index (χ0n) is 11.8. The maximum atomic E-state index is 12.0. The first-order valence-corrected chi connectivity index (χ1v) is 6.78. The molecule has 1 aromatic rings. The lowest BCUT2D eigenvalue weighted by molar-refractivity contribution is -0.147. The second-order valence-electron chi connectivity index (χ2n) is 5.28. The van der Waals surface area contributed by atoms with Crippen molar-refractivity contribution >= 4 is 17.8 Å². The molecular weight excluding hydrogens is 276 g/mol. The van der Waals surface area contributed by atoms with Gasteiger partial charge in [-0.05, 0) is 25.0 Å². The van der Waals surface area contributed by atoms with E-state index in [9.17, 15) is 19.5 Å². The number of hydrogen-bond acceptors (Lipinski definition) is 4. The summed E-state index contributed by atoms with van der Waals surface area (Å²) in [5, 5.41) is 11.9. The Labute approximate surface area is 121 Å². The second kappa shape index (κ2) is 5.99. The predicted octanol–water partition coefficient (Wildman–Crippen LogP) is 0.865. The highest BCUT2D eigenvalue weighted by Crippen LogP contribution is 2.29. The smallest absolute Gasteiger partial charge is 0.329 e. The first-order valence-electron chi connectivity index (χ1n) is 6.78. The van der Waals surface area contributed by atoms with Gasteiger partial charge in [0.15, 0.2) is 5.76 Å². The summed E-state index contributed by atoms with van der Waals surface area (Å²) >= 11 is 0. The third-order valence-corrected chi connectivity index (χ3v) is 3.70. The molecule has 2 N–H and O–H groups in total. The van der Waals surface area contributed by atoms with Crippen LogP contribution in [0.4, 0.5) is 0 Å². The van der Waals surface area contributed by atoms with E-state index in [1.54, 1.807) is 6.07 Å². The van der Waals surface area contributed by atoms with Crippen LogP contribution < -0.4 is 5.32 Å². The van der Waals surface area contributed by atoms with Crippen molar-refractivity contribution in [2.75, 3.05) is 13.6 Å². The molecule has 1 aromatic heterocycles. The van der Waals surface area contributed by atoms with E-state index >= 15 is 0 Å². The van der Waals surface area contributed by atoms with Gasteiger partial charge in [-0.2, -0.15) is 0 Å². The van der Waals surface area contributed by atoms with Gasteiger partial charge in [0.25, 0.3) is 5.91 Å². The van der Waals surface area contributed by atoms with Crippen molar-refractivity contribution in [2.24, 2.45) is 0 Å². The highest BCUT2D eigenvalue weighted by atomic mass is 16.4. The molecule has 0 radical (unpaired) electrons. The Morgan fingerprint density at radius 3 is 2.57 bits per heavy atom. The Hall–Kier alpha value is -2.31. The molecule has 0 aliphatic heterocycles. The highest BCUT2D eigenvalue weighted by molar-refractivity contribution is 5.95. The fourth-order valence-corrected chi connectivity index (χ4v) is 2.55. The largest absolute Gasteiger partial charge is 0.480 e. The fourth-order valence-electron chi connectivity index (χ4n) is 2.55. The van der Waals surface area contributed by atoms with Gasteiger partial charge in [0.05, 0.1) is 12.8 Å². The summed E-state index contributed by atoms with van der Waals surface area (Å²) < 4.78 is 4.97. The first-order chi connectivity index (χ1) is 9.94. The molecule has 2 amide bonds. The van der Waals surface area contributed by atoms with Crippen molar-refractivity contribution < 1.29 is 23.9 Å². The van der Waals surface area contributed by atoms with Gasteiger partial charge in [-0.15, -0.1) is 0 Å². The molecule has 1 saturated carbocycles. The number of carboxylic acids is 1. The highest BCUT2D eigenvalue weighted by Gasteiger charge is 2.42. The number of likely N-dealkylation sites (N-methyl/N-ethyl adjacent to an activating group) is 1. The number of nitrogens with one attached hydrogen (secondary N) is 1. The topological polar surface area (TPSA) is 99.9 Å². The molecule has 0 atom stereocenters. The van der Waals surface area contributed by atoms with E-state index < -0.39 is 23.3 Å². The van der Waals surface area contributed by atoms with Gasteiger partial charge in [-0.25, -0.2) is 4.79 Å². The minimum atomic E-state index is -1.19. The molecule has 7 nitrogen and oxygen atoms in total. The van der Waals surface area contributed by atoms with Crippen LogP contribution in [-0.2, 0) is 9.59 Å². The number of nitrogens with zero attached hydrogens (tertiary/aromatic N) is 1. The summed E-state index contributed by atoms with van der Waals surface area (Å²) in [4.78, 5) is 36.5. The molecule has 0 spiro atoms. The number of carboxylic acid groups (broad SMARTS) is 1.